The molecule has 1 atom stereocenters. The molecular weight excluding hydrogens is 420 g/mol. The Hall–Kier alpha value is -3.30. The highest BCUT2D eigenvalue weighted by atomic mass is 16.8. The summed E-state index contributed by atoms with van der Waals surface area (Å²) in [6, 6.07) is 20.3. The van der Waals surface area contributed by atoms with Crippen LogP contribution in [0, 0.1) is 0 Å². The van der Waals surface area contributed by atoms with Crippen molar-refractivity contribution >= 4 is 11.5 Å². The van der Waals surface area contributed by atoms with Gasteiger partial charge in [0.05, 0.1) is 12.4 Å². The molecule has 0 radical (unpaired) electrons. The van der Waals surface area contributed by atoms with Crippen molar-refractivity contribution in [2.45, 2.75) is 31.1 Å². The third-order valence-electron chi connectivity index (χ3n) is 5.32. The van der Waals surface area contributed by atoms with Gasteiger partial charge in [-0.2, -0.15) is 0 Å². The van der Waals surface area contributed by atoms with Gasteiger partial charge in [-0.3, -0.25) is 9.68 Å². The Kier molecular flexibility index (Phi) is 8.91. The molecule has 3 rings (SSSR count). The van der Waals surface area contributed by atoms with Gasteiger partial charge in [0.25, 0.3) is 0 Å². The number of nitrogens with zero attached hydrogens (tertiary/aromatic N) is 2. The number of hydrogen-bond donors (Lipinski definition) is 3. The Labute approximate surface area is 193 Å². The Balaban J connectivity index is 1.97. The Morgan fingerprint density at radius 3 is 2.27 bits per heavy atom. The van der Waals surface area contributed by atoms with Crippen LogP contribution in [0.1, 0.15) is 30.0 Å². The maximum Gasteiger partial charge on any atom is 0.367 e. The van der Waals surface area contributed by atoms with Crippen LogP contribution < -0.4 is 11.0 Å². The summed E-state index contributed by atoms with van der Waals surface area (Å²) in [6.07, 6.45) is 8.81. The number of aromatic nitrogens is 2. The molecule has 8 heteroatoms. The van der Waals surface area contributed by atoms with E-state index in [4.69, 9.17) is 9.68 Å². The molecule has 0 aliphatic rings. The molecule has 174 valence electrons. The van der Waals surface area contributed by atoms with E-state index < -0.39 is 11.8 Å². The number of carboxylic acids is 1. The molecule has 0 saturated heterocycles. The van der Waals surface area contributed by atoms with Crippen LogP contribution in [0.2, 0.25) is 0 Å². The van der Waals surface area contributed by atoms with Crippen molar-refractivity contribution in [2.24, 2.45) is 0 Å². The molecule has 0 aliphatic heterocycles. The zero-order valence-corrected chi connectivity index (χ0v) is 18.8. The van der Waals surface area contributed by atoms with Gasteiger partial charge in [0.1, 0.15) is 0 Å². The quantitative estimate of drug-likeness (QED) is 0.270. The average molecular weight is 451 g/mol. The monoisotopic (exact) mass is 450 g/mol. The van der Waals surface area contributed by atoms with Gasteiger partial charge >= 0.3 is 11.8 Å². The summed E-state index contributed by atoms with van der Waals surface area (Å²) in [5, 5.41) is 9.76. The van der Waals surface area contributed by atoms with E-state index in [1.165, 1.54) is 19.7 Å². The molecule has 1 heterocycles. The molecule has 3 N–H and O–H groups in total. The number of imidazole rings is 1. The molecule has 3 aromatic rings. The van der Waals surface area contributed by atoms with E-state index in [2.05, 4.69) is 50.9 Å². The zero-order chi connectivity index (χ0) is 23.5. The minimum Gasteiger partial charge on any atom is -0.477 e. The van der Waals surface area contributed by atoms with Crippen LogP contribution in [0.25, 0.3) is 5.57 Å². The maximum atomic E-state index is 11.9. The van der Waals surface area contributed by atoms with Crippen molar-refractivity contribution in [3.63, 3.8) is 0 Å². The fourth-order valence-corrected chi connectivity index (χ4v) is 3.81. The Bertz CT molecular complexity index is 1000. The molecule has 2 aromatic carbocycles. The van der Waals surface area contributed by atoms with Crippen LogP contribution in [0.4, 0.5) is 0 Å². The first kappa shape index (κ1) is 24.3. The predicted molar refractivity (Wildman–Crippen MR) is 126 cm³/mol. The molecule has 0 saturated carbocycles. The summed E-state index contributed by atoms with van der Waals surface area (Å²) in [5.41, 5.74) is 8.19. The molecule has 0 fully saturated rings. The second-order valence-corrected chi connectivity index (χ2v) is 7.45. The zero-order valence-electron chi connectivity index (χ0n) is 18.8. The molecule has 0 bridgehead atoms. The minimum absolute atomic E-state index is 0.0352. The maximum absolute atomic E-state index is 11.9. The van der Waals surface area contributed by atoms with E-state index in [1.807, 2.05) is 42.6 Å². The largest absolute Gasteiger partial charge is 0.477 e. The number of hydrogen-bond acceptors (Lipinski definition) is 6. The third-order valence-corrected chi connectivity index (χ3v) is 5.32. The highest BCUT2D eigenvalue weighted by molar-refractivity contribution is 5.75. The lowest BCUT2D eigenvalue weighted by Gasteiger charge is -2.27. The standard InChI is InChI=1S/C25H30N4O4/c1-26-32-25(24(30)31,33-27-2)15-9-14-22(21-12-7-4-8-13-21)23(29-17-16-28-19-29)18-20-10-5-3-6-11-20/h3-8,10-14,16-17,19,23,26-27H,9,15,18H2,1-2H3,(H,30,31)/b22-14+. The van der Waals surface area contributed by atoms with E-state index in [1.54, 1.807) is 12.5 Å². The predicted octanol–water partition coefficient (Wildman–Crippen LogP) is 3.61. The summed E-state index contributed by atoms with van der Waals surface area (Å²) in [7, 11) is 2.99. The van der Waals surface area contributed by atoms with Crippen LogP contribution in [-0.4, -0.2) is 40.5 Å². The summed E-state index contributed by atoms with van der Waals surface area (Å²) >= 11 is 0. The second kappa shape index (κ2) is 12.1. The first-order valence-electron chi connectivity index (χ1n) is 10.8. The van der Waals surface area contributed by atoms with Crippen LogP contribution in [0.15, 0.2) is 85.5 Å². The fourth-order valence-electron chi connectivity index (χ4n) is 3.81. The van der Waals surface area contributed by atoms with Crippen LogP contribution >= 0.6 is 0 Å². The van der Waals surface area contributed by atoms with Gasteiger partial charge in [0.2, 0.25) is 0 Å². The van der Waals surface area contributed by atoms with Crippen molar-refractivity contribution in [2.75, 3.05) is 14.1 Å². The summed E-state index contributed by atoms with van der Waals surface area (Å²) < 4.78 is 2.07. The molecule has 8 nitrogen and oxygen atoms in total. The molecule has 1 aromatic heterocycles. The summed E-state index contributed by atoms with van der Waals surface area (Å²) in [5.74, 6) is -3.09. The van der Waals surface area contributed by atoms with Crippen molar-refractivity contribution in [1.82, 2.24) is 20.5 Å². The first-order valence-corrected chi connectivity index (χ1v) is 10.8. The Morgan fingerprint density at radius 1 is 1.09 bits per heavy atom. The molecule has 0 amide bonds. The topological polar surface area (TPSA) is 97.6 Å². The normalized spacial score (nSPS) is 13.1. The minimum atomic E-state index is -1.87. The SMILES string of the molecule is CNOC(CC/C=C(\c1ccccc1)C(Cc1ccccc1)n1ccnc1)(ONC)C(=O)O. The smallest absolute Gasteiger partial charge is 0.367 e. The van der Waals surface area contributed by atoms with E-state index in [-0.39, 0.29) is 12.5 Å². The lowest BCUT2D eigenvalue weighted by molar-refractivity contribution is -0.285. The van der Waals surface area contributed by atoms with Gasteiger partial charge in [-0.15, -0.1) is 0 Å². The van der Waals surface area contributed by atoms with E-state index in [0.717, 1.165) is 17.6 Å². The van der Waals surface area contributed by atoms with Gasteiger partial charge in [0, 0.05) is 32.9 Å². The van der Waals surface area contributed by atoms with Gasteiger partial charge in [-0.25, -0.2) is 20.7 Å². The van der Waals surface area contributed by atoms with Crippen molar-refractivity contribution in [1.29, 1.82) is 0 Å². The number of allylic oxidation sites excluding steroid dienone is 2. The number of aliphatic carboxylic acids is 1. The first-order chi connectivity index (χ1) is 16.1. The lowest BCUT2D eigenvalue weighted by Crippen LogP contribution is -2.49. The van der Waals surface area contributed by atoms with Gasteiger partial charge in [-0.1, -0.05) is 66.7 Å². The number of carbonyl (C=O) groups is 1. The number of nitrogens with one attached hydrogen (secondary N) is 2. The van der Waals surface area contributed by atoms with Crippen LogP contribution in [0.3, 0.4) is 0 Å². The number of benzene rings is 2. The lowest BCUT2D eigenvalue weighted by atomic mass is 9.91. The second-order valence-electron chi connectivity index (χ2n) is 7.45. The number of hydroxylamine groups is 2. The molecule has 0 aliphatic carbocycles. The summed E-state index contributed by atoms with van der Waals surface area (Å²) in [4.78, 5) is 26.7. The fraction of sp³-hybridized carbons (Fsp3) is 0.280. The third kappa shape index (κ3) is 6.36. The molecular formula is C25H30N4O4. The van der Waals surface area contributed by atoms with Crippen molar-refractivity contribution in [3.05, 3.63) is 96.6 Å². The van der Waals surface area contributed by atoms with Crippen LogP contribution in [-0.2, 0) is 20.9 Å². The average Bonchev–Trinajstić information content (AvgIpc) is 3.37. The van der Waals surface area contributed by atoms with Crippen molar-refractivity contribution < 1.29 is 19.6 Å². The number of rotatable bonds is 13. The van der Waals surface area contributed by atoms with Crippen molar-refractivity contribution in [3.8, 4) is 0 Å². The van der Waals surface area contributed by atoms with Gasteiger partial charge < -0.3 is 9.67 Å². The molecule has 1 unspecified atom stereocenters. The highest BCUT2D eigenvalue weighted by Gasteiger charge is 2.41. The van der Waals surface area contributed by atoms with Crippen LogP contribution in [0.5, 0.6) is 0 Å². The number of carboxylic acid groups (broad SMARTS) is 1. The molecule has 33 heavy (non-hydrogen) atoms. The van der Waals surface area contributed by atoms with Gasteiger partial charge in [0.15, 0.2) is 0 Å². The summed E-state index contributed by atoms with van der Waals surface area (Å²) in [6.45, 7) is 0. The van der Waals surface area contributed by atoms with Gasteiger partial charge in [-0.05, 0) is 29.5 Å². The molecule has 0 spiro atoms. The van der Waals surface area contributed by atoms with E-state index in [9.17, 15) is 9.90 Å². The highest BCUT2D eigenvalue weighted by Crippen LogP contribution is 2.32. The van der Waals surface area contributed by atoms with E-state index in [0.29, 0.717) is 6.42 Å². The van der Waals surface area contributed by atoms with E-state index >= 15 is 0 Å². The Morgan fingerprint density at radius 2 is 1.73 bits per heavy atom.